The lowest BCUT2D eigenvalue weighted by Crippen LogP contribution is -2.45. The molecule has 1 aromatic carbocycles. The lowest BCUT2D eigenvalue weighted by molar-refractivity contribution is -0.133. The number of rotatable bonds is 10. The van der Waals surface area contributed by atoms with Crippen LogP contribution in [0.4, 0.5) is 0 Å². The van der Waals surface area contributed by atoms with Crippen LogP contribution in [0.5, 0.6) is 0 Å². The summed E-state index contributed by atoms with van der Waals surface area (Å²) in [4.78, 5) is 14.4. The molecule has 136 valence electrons. The maximum Gasteiger partial charge on any atom is 0.238 e. The molecular weight excluding hydrogens is 324 g/mol. The second-order valence-corrected chi connectivity index (χ2v) is 8.39. The van der Waals surface area contributed by atoms with Gasteiger partial charge in [-0.3, -0.25) is 4.79 Å². The van der Waals surface area contributed by atoms with Gasteiger partial charge in [-0.15, -0.1) is 0 Å². The number of amides is 1. The van der Waals surface area contributed by atoms with Crippen LogP contribution in [0.15, 0.2) is 30.3 Å². The highest BCUT2D eigenvalue weighted by Gasteiger charge is 2.24. The molecule has 5 nitrogen and oxygen atoms in total. The van der Waals surface area contributed by atoms with Crippen LogP contribution in [0.1, 0.15) is 45.6 Å². The highest BCUT2D eigenvalue weighted by molar-refractivity contribution is 7.88. The van der Waals surface area contributed by atoms with Crippen molar-refractivity contribution in [3.63, 3.8) is 0 Å². The maximum absolute atomic E-state index is 12.7. The fourth-order valence-corrected chi connectivity index (χ4v) is 3.29. The Hall–Kier alpha value is -1.40. The van der Waals surface area contributed by atoms with E-state index in [1.807, 2.05) is 44.2 Å². The van der Waals surface area contributed by atoms with Crippen LogP contribution < -0.4 is 0 Å². The van der Waals surface area contributed by atoms with E-state index in [4.69, 9.17) is 0 Å². The molecule has 0 bridgehead atoms. The van der Waals surface area contributed by atoms with Gasteiger partial charge in [0, 0.05) is 19.1 Å². The van der Waals surface area contributed by atoms with Crippen LogP contribution in [-0.2, 0) is 21.4 Å². The lowest BCUT2D eigenvalue weighted by atomic mass is 10.2. The van der Waals surface area contributed by atoms with E-state index in [9.17, 15) is 13.2 Å². The summed E-state index contributed by atoms with van der Waals surface area (Å²) < 4.78 is 25.2. The summed E-state index contributed by atoms with van der Waals surface area (Å²) in [6.07, 6.45) is 3.91. The number of hydrogen-bond donors (Lipinski definition) is 0. The van der Waals surface area contributed by atoms with Crippen molar-refractivity contribution < 1.29 is 13.2 Å². The number of hydrogen-bond acceptors (Lipinski definition) is 3. The zero-order valence-electron chi connectivity index (χ0n) is 15.2. The summed E-state index contributed by atoms with van der Waals surface area (Å²) in [6.45, 7) is 6.76. The van der Waals surface area contributed by atoms with Crippen LogP contribution in [0.3, 0.4) is 0 Å². The van der Waals surface area contributed by atoms with Crippen LogP contribution in [0.2, 0.25) is 0 Å². The van der Waals surface area contributed by atoms with Gasteiger partial charge in [-0.25, -0.2) is 8.42 Å². The van der Waals surface area contributed by atoms with Gasteiger partial charge in [0.25, 0.3) is 0 Å². The molecular formula is C18H30N2O3S. The molecule has 0 saturated heterocycles. The lowest BCUT2D eigenvalue weighted by Gasteiger charge is -2.29. The fourth-order valence-electron chi connectivity index (χ4n) is 2.48. The van der Waals surface area contributed by atoms with Gasteiger partial charge in [0.15, 0.2) is 0 Å². The van der Waals surface area contributed by atoms with Gasteiger partial charge >= 0.3 is 0 Å². The van der Waals surface area contributed by atoms with Crippen molar-refractivity contribution in [1.29, 1.82) is 0 Å². The van der Waals surface area contributed by atoms with Gasteiger partial charge in [-0.2, -0.15) is 4.31 Å². The summed E-state index contributed by atoms with van der Waals surface area (Å²) in [6, 6.07) is 9.76. The smallest absolute Gasteiger partial charge is 0.238 e. The SMILES string of the molecule is CCCCCN(CC(=O)N(Cc1ccccc1)C(C)C)S(C)(=O)=O. The Labute approximate surface area is 146 Å². The molecule has 0 fully saturated rings. The van der Waals surface area contributed by atoms with Crippen molar-refractivity contribution in [3.8, 4) is 0 Å². The highest BCUT2D eigenvalue weighted by atomic mass is 32.2. The van der Waals surface area contributed by atoms with Crippen LogP contribution in [-0.4, -0.2) is 48.9 Å². The maximum atomic E-state index is 12.7. The molecule has 0 saturated carbocycles. The van der Waals surface area contributed by atoms with Gasteiger partial charge in [-0.05, 0) is 25.8 Å². The first kappa shape index (κ1) is 20.6. The van der Waals surface area contributed by atoms with E-state index in [1.165, 1.54) is 10.6 Å². The van der Waals surface area contributed by atoms with Crippen molar-refractivity contribution in [2.45, 2.75) is 52.6 Å². The van der Waals surface area contributed by atoms with Crippen molar-refractivity contribution in [2.75, 3.05) is 19.3 Å². The minimum Gasteiger partial charge on any atom is -0.335 e. The minimum absolute atomic E-state index is 0.00904. The second-order valence-electron chi connectivity index (χ2n) is 6.40. The number of carbonyl (C=O) groups excluding carboxylic acids is 1. The van der Waals surface area contributed by atoms with Crippen molar-refractivity contribution in [3.05, 3.63) is 35.9 Å². The number of nitrogens with zero attached hydrogens (tertiary/aromatic N) is 2. The third-order valence-electron chi connectivity index (χ3n) is 3.93. The molecule has 0 aromatic heterocycles. The van der Waals surface area contributed by atoms with E-state index in [0.717, 1.165) is 24.8 Å². The first-order valence-electron chi connectivity index (χ1n) is 8.54. The number of carbonyl (C=O) groups is 1. The van der Waals surface area contributed by atoms with Crippen LogP contribution in [0.25, 0.3) is 0 Å². The van der Waals surface area contributed by atoms with E-state index >= 15 is 0 Å². The van der Waals surface area contributed by atoms with E-state index in [2.05, 4.69) is 6.92 Å². The van der Waals surface area contributed by atoms with E-state index in [1.54, 1.807) is 4.90 Å². The molecule has 0 aliphatic heterocycles. The molecule has 0 unspecified atom stereocenters. The normalized spacial score (nSPS) is 11.9. The third-order valence-corrected chi connectivity index (χ3v) is 5.18. The predicted molar refractivity (Wildman–Crippen MR) is 98.1 cm³/mol. The van der Waals surface area contributed by atoms with Gasteiger partial charge in [0.1, 0.15) is 0 Å². The molecule has 0 aliphatic carbocycles. The van der Waals surface area contributed by atoms with E-state index in [-0.39, 0.29) is 18.5 Å². The standard InChI is InChI=1S/C18H30N2O3S/c1-5-6-10-13-19(24(4,22)23)15-18(21)20(16(2)3)14-17-11-8-7-9-12-17/h7-9,11-12,16H,5-6,10,13-15H2,1-4H3. The Morgan fingerprint density at radius 1 is 1.12 bits per heavy atom. The zero-order chi connectivity index (χ0) is 18.2. The average Bonchev–Trinajstić information content (AvgIpc) is 2.51. The molecule has 0 N–H and O–H groups in total. The Morgan fingerprint density at radius 2 is 1.75 bits per heavy atom. The van der Waals surface area contributed by atoms with Gasteiger partial charge in [0.2, 0.25) is 15.9 Å². The zero-order valence-corrected chi connectivity index (χ0v) is 16.1. The average molecular weight is 355 g/mol. The molecule has 0 aliphatic rings. The first-order chi connectivity index (χ1) is 11.3. The minimum atomic E-state index is -3.39. The summed E-state index contributed by atoms with van der Waals surface area (Å²) in [5.74, 6) is -0.157. The van der Waals surface area contributed by atoms with Crippen molar-refractivity contribution in [1.82, 2.24) is 9.21 Å². The quantitative estimate of drug-likeness (QED) is 0.607. The Morgan fingerprint density at radius 3 is 2.25 bits per heavy atom. The molecule has 24 heavy (non-hydrogen) atoms. The second kappa shape index (κ2) is 9.79. The molecule has 6 heteroatoms. The third kappa shape index (κ3) is 7.01. The molecule has 1 rings (SSSR count). The fraction of sp³-hybridized carbons (Fsp3) is 0.611. The molecule has 0 radical (unpaired) electrons. The summed E-state index contributed by atoms with van der Waals surface area (Å²) in [7, 11) is -3.39. The molecule has 1 aromatic rings. The topological polar surface area (TPSA) is 57.7 Å². The predicted octanol–water partition coefficient (Wildman–Crippen LogP) is 2.88. The molecule has 1 amide bonds. The molecule has 0 heterocycles. The molecule has 0 spiro atoms. The summed E-state index contributed by atoms with van der Waals surface area (Å²) in [5, 5.41) is 0. The largest absolute Gasteiger partial charge is 0.335 e. The Kier molecular flexibility index (Phi) is 8.42. The number of benzene rings is 1. The van der Waals surface area contributed by atoms with Gasteiger partial charge < -0.3 is 4.90 Å². The van der Waals surface area contributed by atoms with Crippen LogP contribution >= 0.6 is 0 Å². The van der Waals surface area contributed by atoms with Gasteiger partial charge in [-0.1, -0.05) is 50.1 Å². The van der Waals surface area contributed by atoms with E-state index < -0.39 is 10.0 Å². The Balaban J connectivity index is 2.81. The Bertz CT molecular complexity index is 600. The van der Waals surface area contributed by atoms with Crippen molar-refractivity contribution >= 4 is 15.9 Å². The van der Waals surface area contributed by atoms with Gasteiger partial charge in [0.05, 0.1) is 12.8 Å². The monoisotopic (exact) mass is 354 g/mol. The van der Waals surface area contributed by atoms with E-state index in [0.29, 0.717) is 13.1 Å². The summed E-state index contributed by atoms with van der Waals surface area (Å²) in [5.41, 5.74) is 1.04. The number of unbranched alkanes of at least 4 members (excludes halogenated alkanes) is 2. The van der Waals surface area contributed by atoms with Crippen LogP contribution in [0, 0.1) is 0 Å². The van der Waals surface area contributed by atoms with Crippen molar-refractivity contribution in [2.24, 2.45) is 0 Å². The molecule has 0 atom stereocenters. The number of sulfonamides is 1. The highest BCUT2D eigenvalue weighted by Crippen LogP contribution is 2.11. The first-order valence-corrected chi connectivity index (χ1v) is 10.4. The summed E-state index contributed by atoms with van der Waals surface area (Å²) >= 11 is 0.